The third-order valence-electron chi connectivity index (χ3n) is 8.25. The topological polar surface area (TPSA) is 55.1 Å². The minimum Gasteiger partial charge on any atom is -0.353 e. The molecule has 3 N–H and O–H groups in total. The number of nitrogens with two attached hydrogens (primary N) is 1. The zero-order valence-corrected chi connectivity index (χ0v) is 16.3. The molecule has 6 rings (SSSR count). The summed E-state index contributed by atoms with van der Waals surface area (Å²) < 4.78 is 0. The van der Waals surface area contributed by atoms with E-state index in [1.165, 1.54) is 24.0 Å². The van der Waals surface area contributed by atoms with Crippen molar-refractivity contribution in [2.75, 3.05) is 0 Å². The Bertz CT molecular complexity index is 729. The van der Waals surface area contributed by atoms with Gasteiger partial charge in [-0.1, -0.05) is 42.5 Å². The van der Waals surface area contributed by atoms with Crippen molar-refractivity contribution in [3.63, 3.8) is 0 Å². The second-order valence-electron chi connectivity index (χ2n) is 9.97. The standard InChI is InChI=1S/C24H32N2O/c1-16-17-11-23(19-5-3-2-4-6-19)12-18(16)14-24(13-17,15-23)22(27)26-21-9-7-20(25)8-10-21/h2-6,17-18,20-21H,1,7-15,25H2,(H,26,27). The van der Waals surface area contributed by atoms with Crippen LogP contribution < -0.4 is 11.1 Å². The van der Waals surface area contributed by atoms with Crippen LogP contribution >= 0.6 is 0 Å². The molecule has 2 atom stereocenters. The van der Waals surface area contributed by atoms with Gasteiger partial charge >= 0.3 is 0 Å². The molecular weight excluding hydrogens is 332 g/mol. The summed E-state index contributed by atoms with van der Waals surface area (Å²) in [4.78, 5) is 13.6. The molecule has 1 amide bonds. The fourth-order valence-corrected chi connectivity index (χ4v) is 6.99. The maximum absolute atomic E-state index is 13.6. The zero-order valence-electron chi connectivity index (χ0n) is 16.3. The van der Waals surface area contributed by atoms with Gasteiger partial charge in [0, 0.05) is 12.1 Å². The molecule has 4 bridgehead atoms. The van der Waals surface area contributed by atoms with Gasteiger partial charge in [0.2, 0.25) is 5.91 Å². The van der Waals surface area contributed by atoms with Crippen LogP contribution in [0.1, 0.15) is 63.4 Å². The third-order valence-corrected chi connectivity index (χ3v) is 8.25. The summed E-state index contributed by atoms with van der Waals surface area (Å²) in [6.45, 7) is 4.45. The molecule has 2 unspecified atom stereocenters. The fourth-order valence-electron chi connectivity index (χ4n) is 6.99. The number of carbonyl (C=O) groups is 1. The SMILES string of the molecule is C=C1C2CC3(C(=O)NC4CCC(N)CC4)CC1CC(c1ccccc1)(C2)C3. The van der Waals surface area contributed by atoms with E-state index >= 15 is 0 Å². The molecule has 0 aromatic heterocycles. The first-order chi connectivity index (χ1) is 13.0. The lowest BCUT2D eigenvalue weighted by Gasteiger charge is -2.62. The van der Waals surface area contributed by atoms with E-state index in [2.05, 4.69) is 42.2 Å². The molecule has 3 nitrogen and oxygen atoms in total. The smallest absolute Gasteiger partial charge is 0.226 e. The highest BCUT2D eigenvalue weighted by atomic mass is 16.2. The Morgan fingerprint density at radius 2 is 1.63 bits per heavy atom. The second kappa shape index (κ2) is 6.20. The lowest BCUT2D eigenvalue weighted by atomic mass is 9.41. The summed E-state index contributed by atoms with van der Waals surface area (Å²) in [5.74, 6) is 1.35. The van der Waals surface area contributed by atoms with Crippen molar-refractivity contribution in [3.8, 4) is 0 Å². The summed E-state index contributed by atoms with van der Waals surface area (Å²) in [6.07, 6.45) is 9.53. The molecule has 27 heavy (non-hydrogen) atoms. The van der Waals surface area contributed by atoms with Crippen LogP contribution in [0.4, 0.5) is 0 Å². The first-order valence-electron chi connectivity index (χ1n) is 10.8. The highest BCUT2D eigenvalue weighted by Gasteiger charge is 2.62. The largest absolute Gasteiger partial charge is 0.353 e. The Balaban J connectivity index is 1.42. The highest BCUT2D eigenvalue weighted by molar-refractivity contribution is 5.84. The average Bonchev–Trinajstić information content (AvgIpc) is 2.68. The van der Waals surface area contributed by atoms with Crippen molar-refractivity contribution < 1.29 is 4.79 Å². The van der Waals surface area contributed by atoms with Crippen molar-refractivity contribution in [3.05, 3.63) is 48.0 Å². The number of benzene rings is 1. The van der Waals surface area contributed by atoms with E-state index in [9.17, 15) is 4.79 Å². The molecule has 5 fully saturated rings. The number of hydrogen-bond acceptors (Lipinski definition) is 2. The molecule has 5 aliphatic rings. The molecular formula is C24H32N2O. The quantitative estimate of drug-likeness (QED) is 0.794. The molecule has 5 aliphatic carbocycles. The van der Waals surface area contributed by atoms with Gasteiger partial charge in [0.05, 0.1) is 5.41 Å². The predicted octanol–water partition coefficient (Wildman–Crippen LogP) is 4.08. The highest BCUT2D eigenvalue weighted by Crippen LogP contribution is 2.67. The Labute approximate surface area is 162 Å². The molecule has 0 aliphatic heterocycles. The van der Waals surface area contributed by atoms with E-state index in [0.29, 0.717) is 29.8 Å². The second-order valence-corrected chi connectivity index (χ2v) is 9.97. The molecule has 0 spiro atoms. The van der Waals surface area contributed by atoms with Gasteiger partial charge in [-0.2, -0.15) is 0 Å². The van der Waals surface area contributed by atoms with E-state index in [1.807, 2.05) is 0 Å². The fraction of sp³-hybridized carbons (Fsp3) is 0.625. The Morgan fingerprint density at radius 1 is 1.00 bits per heavy atom. The number of hydrogen-bond donors (Lipinski definition) is 2. The molecule has 0 heterocycles. The first-order valence-corrected chi connectivity index (χ1v) is 10.8. The van der Waals surface area contributed by atoms with Crippen molar-refractivity contribution in [2.45, 2.75) is 75.3 Å². The summed E-state index contributed by atoms with van der Waals surface area (Å²) in [6, 6.07) is 11.6. The summed E-state index contributed by atoms with van der Waals surface area (Å²) in [7, 11) is 0. The number of amides is 1. The van der Waals surface area contributed by atoms with Gasteiger partial charge < -0.3 is 11.1 Å². The molecule has 3 heteroatoms. The maximum atomic E-state index is 13.6. The number of carbonyl (C=O) groups excluding carboxylic acids is 1. The lowest BCUT2D eigenvalue weighted by Crippen LogP contribution is -2.60. The summed E-state index contributed by atoms with van der Waals surface area (Å²) >= 11 is 0. The first kappa shape index (κ1) is 17.5. The van der Waals surface area contributed by atoms with Gasteiger partial charge in [0.15, 0.2) is 0 Å². The van der Waals surface area contributed by atoms with Gasteiger partial charge in [0.1, 0.15) is 0 Å². The number of rotatable bonds is 3. The lowest BCUT2D eigenvalue weighted by molar-refractivity contribution is -0.145. The van der Waals surface area contributed by atoms with E-state index in [-0.39, 0.29) is 10.8 Å². The summed E-state index contributed by atoms with van der Waals surface area (Å²) in [5.41, 5.74) is 8.89. The van der Waals surface area contributed by atoms with Crippen LogP contribution in [0.5, 0.6) is 0 Å². The van der Waals surface area contributed by atoms with Crippen molar-refractivity contribution in [1.29, 1.82) is 0 Å². The van der Waals surface area contributed by atoms with Crippen LogP contribution in [0.3, 0.4) is 0 Å². The van der Waals surface area contributed by atoms with Crippen LogP contribution in [0.15, 0.2) is 42.5 Å². The van der Waals surface area contributed by atoms with Crippen molar-refractivity contribution in [1.82, 2.24) is 5.32 Å². The predicted molar refractivity (Wildman–Crippen MR) is 108 cm³/mol. The molecule has 0 radical (unpaired) electrons. The normalized spacial score (nSPS) is 42.9. The van der Waals surface area contributed by atoms with Crippen LogP contribution in [0, 0.1) is 17.3 Å². The van der Waals surface area contributed by atoms with Gasteiger partial charge in [-0.25, -0.2) is 0 Å². The Kier molecular flexibility index (Phi) is 4.02. The van der Waals surface area contributed by atoms with Crippen LogP contribution in [0.2, 0.25) is 0 Å². The van der Waals surface area contributed by atoms with E-state index < -0.39 is 0 Å². The molecule has 0 saturated heterocycles. The van der Waals surface area contributed by atoms with Crippen LogP contribution in [0.25, 0.3) is 0 Å². The Morgan fingerprint density at radius 3 is 2.26 bits per heavy atom. The van der Waals surface area contributed by atoms with Crippen molar-refractivity contribution >= 4 is 5.91 Å². The molecule has 1 aromatic rings. The summed E-state index contributed by atoms with van der Waals surface area (Å²) in [5, 5.41) is 3.46. The zero-order chi connectivity index (χ0) is 18.6. The maximum Gasteiger partial charge on any atom is 0.226 e. The van der Waals surface area contributed by atoms with Gasteiger partial charge in [-0.15, -0.1) is 0 Å². The van der Waals surface area contributed by atoms with E-state index in [1.54, 1.807) is 0 Å². The molecule has 5 saturated carbocycles. The van der Waals surface area contributed by atoms with Gasteiger partial charge in [-0.05, 0) is 80.6 Å². The van der Waals surface area contributed by atoms with E-state index in [0.717, 1.165) is 44.9 Å². The monoisotopic (exact) mass is 364 g/mol. The third kappa shape index (κ3) is 2.77. The number of nitrogens with one attached hydrogen (secondary N) is 1. The molecule has 1 aromatic carbocycles. The van der Waals surface area contributed by atoms with Crippen LogP contribution in [-0.2, 0) is 10.2 Å². The molecule has 144 valence electrons. The Hall–Kier alpha value is -1.61. The van der Waals surface area contributed by atoms with E-state index in [4.69, 9.17) is 5.73 Å². The van der Waals surface area contributed by atoms with Gasteiger partial charge in [-0.3, -0.25) is 4.79 Å². The number of allylic oxidation sites excluding steroid dienone is 1. The van der Waals surface area contributed by atoms with Crippen LogP contribution in [-0.4, -0.2) is 18.0 Å². The minimum atomic E-state index is -0.192. The minimum absolute atomic E-state index is 0.167. The average molecular weight is 365 g/mol. The van der Waals surface area contributed by atoms with Gasteiger partial charge in [0.25, 0.3) is 0 Å². The van der Waals surface area contributed by atoms with Crippen molar-refractivity contribution in [2.24, 2.45) is 23.0 Å².